The van der Waals surface area contributed by atoms with Crippen LogP contribution in [0.1, 0.15) is 24.5 Å². The quantitative estimate of drug-likeness (QED) is 0.878. The summed E-state index contributed by atoms with van der Waals surface area (Å²) in [7, 11) is 0. The van der Waals surface area contributed by atoms with E-state index in [0.717, 1.165) is 5.56 Å². The number of nitriles is 1. The number of hydrogen-bond acceptors (Lipinski definition) is 2. The molecule has 0 aliphatic rings. The first-order valence-electron chi connectivity index (χ1n) is 5.16. The van der Waals surface area contributed by atoms with Gasteiger partial charge in [-0.2, -0.15) is 18.4 Å². The molecule has 0 saturated heterocycles. The van der Waals surface area contributed by atoms with Gasteiger partial charge in [0.2, 0.25) is 0 Å². The van der Waals surface area contributed by atoms with Crippen molar-refractivity contribution < 1.29 is 13.2 Å². The van der Waals surface area contributed by atoms with Gasteiger partial charge in [-0.1, -0.05) is 12.1 Å². The second-order valence-corrected chi connectivity index (χ2v) is 3.97. The Hall–Kier alpha value is -1.70. The zero-order chi connectivity index (χ0) is 13.1. The summed E-state index contributed by atoms with van der Waals surface area (Å²) in [6.45, 7) is 3.20. The van der Waals surface area contributed by atoms with Gasteiger partial charge in [-0.25, -0.2) is 0 Å². The molecule has 0 radical (unpaired) electrons. The summed E-state index contributed by atoms with van der Waals surface area (Å²) < 4.78 is 36.6. The van der Waals surface area contributed by atoms with Crippen LogP contribution in [0, 0.1) is 18.3 Å². The van der Waals surface area contributed by atoms with Crippen molar-refractivity contribution in [1.29, 1.82) is 5.26 Å². The standard InChI is InChI=1S/C12H13F3N2/c1-8-4-3-5-10(7-16)11(8)17-9(2)6-12(13,14)15/h3-5,9,17H,6H2,1-2H3. The first kappa shape index (κ1) is 13.4. The first-order chi connectivity index (χ1) is 7.83. The van der Waals surface area contributed by atoms with Gasteiger partial charge in [0.15, 0.2) is 0 Å². The highest BCUT2D eigenvalue weighted by atomic mass is 19.4. The van der Waals surface area contributed by atoms with Crippen LogP contribution in [0.3, 0.4) is 0 Å². The minimum atomic E-state index is -4.21. The molecule has 1 N–H and O–H groups in total. The number of aryl methyl sites for hydroxylation is 1. The number of hydrogen-bond donors (Lipinski definition) is 1. The SMILES string of the molecule is Cc1cccc(C#N)c1NC(C)CC(F)(F)F. The Balaban J connectivity index is 2.85. The topological polar surface area (TPSA) is 35.8 Å². The van der Waals surface area contributed by atoms with Crippen molar-refractivity contribution in [2.45, 2.75) is 32.5 Å². The van der Waals surface area contributed by atoms with Crippen molar-refractivity contribution in [2.75, 3.05) is 5.32 Å². The van der Waals surface area contributed by atoms with Gasteiger partial charge >= 0.3 is 6.18 Å². The number of benzene rings is 1. The van der Waals surface area contributed by atoms with E-state index in [-0.39, 0.29) is 0 Å². The summed E-state index contributed by atoms with van der Waals surface area (Å²) in [5, 5.41) is 11.6. The van der Waals surface area contributed by atoms with Crippen LogP contribution in [0.5, 0.6) is 0 Å². The highest BCUT2D eigenvalue weighted by Gasteiger charge is 2.30. The summed E-state index contributed by atoms with van der Waals surface area (Å²) >= 11 is 0. The van der Waals surface area contributed by atoms with Crippen molar-refractivity contribution in [2.24, 2.45) is 0 Å². The normalized spacial score (nSPS) is 12.9. The molecule has 0 saturated carbocycles. The van der Waals surface area contributed by atoms with Gasteiger partial charge in [-0.3, -0.25) is 0 Å². The predicted octanol–water partition coefficient (Wildman–Crippen LogP) is 3.62. The van der Waals surface area contributed by atoms with Crippen molar-refractivity contribution in [3.8, 4) is 6.07 Å². The van der Waals surface area contributed by atoms with Crippen molar-refractivity contribution >= 4 is 5.69 Å². The molecule has 92 valence electrons. The summed E-state index contributed by atoms with van der Waals surface area (Å²) in [4.78, 5) is 0. The Morgan fingerprint density at radius 3 is 2.59 bits per heavy atom. The number of alkyl halides is 3. The minimum Gasteiger partial charge on any atom is -0.381 e. The minimum absolute atomic E-state index is 0.360. The molecule has 17 heavy (non-hydrogen) atoms. The molecule has 0 aliphatic carbocycles. The fourth-order valence-corrected chi connectivity index (χ4v) is 1.60. The monoisotopic (exact) mass is 242 g/mol. The Bertz CT molecular complexity index is 432. The van der Waals surface area contributed by atoms with Crippen molar-refractivity contribution in [3.05, 3.63) is 29.3 Å². The van der Waals surface area contributed by atoms with Crippen LogP contribution in [0.25, 0.3) is 0 Å². The van der Waals surface area contributed by atoms with Crippen LogP contribution in [-0.2, 0) is 0 Å². The van der Waals surface area contributed by atoms with E-state index in [4.69, 9.17) is 5.26 Å². The number of anilines is 1. The van der Waals surface area contributed by atoms with Crippen LogP contribution in [0.4, 0.5) is 18.9 Å². The molecule has 1 rings (SSSR count). The number of para-hydroxylation sites is 1. The molecule has 1 unspecified atom stereocenters. The Morgan fingerprint density at radius 1 is 1.41 bits per heavy atom. The average molecular weight is 242 g/mol. The van der Waals surface area contributed by atoms with E-state index in [9.17, 15) is 13.2 Å². The zero-order valence-corrected chi connectivity index (χ0v) is 9.60. The number of rotatable bonds is 3. The van der Waals surface area contributed by atoms with E-state index in [0.29, 0.717) is 11.3 Å². The molecule has 0 spiro atoms. The first-order valence-corrected chi connectivity index (χ1v) is 5.16. The lowest BCUT2D eigenvalue weighted by molar-refractivity contribution is -0.136. The van der Waals surface area contributed by atoms with Gasteiger partial charge in [0.05, 0.1) is 17.7 Å². The molecule has 1 aromatic carbocycles. The van der Waals surface area contributed by atoms with Gasteiger partial charge < -0.3 is 5.32 Å². The van der Waals surface area contributed by atoms with Crippen LogP contribution < -0.4 is 5.32 Å². The third-order valence-electron chi connectivity index (χ3n) is 2.32. The molecule has 0 heterocycles. The van der Waals surface area contributed by atoms with E-state index >= 15 is 0 Å². The van der Waals surface area contributed by atoms with E-state index in [1.54, 1.807) is 25.1 Å². The van der Waals surface area contributed by atoms with Crippen LogP contribution in [0.15, 0.2) is 18.2 Å². The highest BCUT2D eigenvalue weighted by Crippen LogP contribution is 2.26. The summed E-state index contributed by atoms with van der Waals surface area (Å²) in [5.74, 6) is 0. The Labute approximate surface area is 98.1 Å². The van der Waals surface area contributed by atoms with Crippen LogP contribution >= 0.6 is 0 Å². The molecule has 0 aromatic heterocycles. The molecule has 0 aliphatic heterocycles. The Kier molecular flexibility index (Phi) is 4.00. The average Bonchev–Trinajstić information content (AvgIpc) is 2.18. The Morgan fingerprint density at radius 2 is 2.06 bits per heavy atom. The zero-order valence-electron chi connectivity index (χ0n) is 9.60. The second kappa shape index (κ2) is 5.09. The summed E-state index contributed by atoms with van der Waals surface area (Å²) in [6.07, 6.45) is -5.13. The van der Waals surface area contributed by atoms with Gasteiger partial charge in [0.1, 0.15) is 6.07 Å². The molecule has 0 fully saturated rings. The highest BCUT2D eigenvalue weighted by molar-refractivity contribution is 5.62. The maximum atomic E-state index is 12.2. The summed E-state index contributed by atoms with van der Waals surface area (Å²) in [5.41, 5.74) is 1.60. The van der Waals surface area contributed by atoms with Crippen molar-refractivity contribution in [1.82, 2.24) is 0 Å². The van der Waals surface area contributed by atoms with E-state index in [1.165, 1.54) is 6.92 Å². The van der Waals surface area contributed by atoms with Crippen LogP contribution in [0.2, 0.25) is 0 Å². The van der Waals surface area contributed by atoms with Gasteiger partial charge in [0, 0.05) is 6.04 Å². The second-order valence-electron chi connectivity index (χ2n) is 3.97. The molecule has 1 aromatic rings. The predicted molar refractivity (Wildman–Crippen MR) is 59.7 cm³/mol. The van der Waals surface area contributed by atoms with E-state index in [2.05, 4.69) is 5.32 Å². The van der Waals surface area contributed by atoms with Crippen LogP contribution in [-0.4, -0.2) is 12.2 Å². The third-order valence-corrected chi connectivity index (χ3v) is 2.32. The molecular weight excluding hydrogens is 229 g/mol. The van der Waals surface area contributed by atoms with Gasteiger partial charge in [-0.05, 0) is 25.5 Å². The maximum Gasteiger partial charge on any atom is 0.391 e. The molecule has 5 heteroatoms. The van der Waals surface area contributed by atoms with E-state index < -0.39 is 18.6 Å². The molecule has 0 bridgehead atoms. The fraction of sp³-hybridized carbons (Fsp3) is 0.417. The van der Waals surface area contributed by atoms with Crippen molar-refractivity contribution in [3.63, 3.8) is 0 Å². The lowest BCUT2D eigenvalue weighted by Gasteiger charge is -2.19. The molecule has 0 amide bonds. The largest absolute Gasteiger partial charge is 0.391 e. The van der Waals surface area contributed by atoms with Gasteiger partial charge in [-0.15, -0.1) is 0 Å². The fourth-order valence-electron chi connectivity index (χ4n) is 1.60. The van der Waals surface area contributed by atoms with E-state index in [1.807, 2.05) is 6.07 Å². The molecule has 2 nitrogen and oxygen atoms in total. The molecular formula is C12H13F3N2. The third kappa shape index (κ3) is 3.99. The lowest BCUT2D eigenvalue weighted by Crippen LogP contribution is -2.24. The maximum absolute atomic E-state index is 12.2. The number of nitrogens with one attached hydrogen (secondary N) is 1. The number of halogens is 3. The van der Waals surface area contributed by atoms with Gasteiger partial charge in [0.25, 0.3) is 0 Å². The lowest BCUT2D eigenvalue weighted by atomic mass is 10.1. The number of nitrogens with zero attached hydrogens (tertiary/aromatic N) is 1. The summed E-state index contributed by atoms with van der Waals surface area (Å²) in [6, 6.07) is 6.23. The smallest absolute Gasteiger partial charge is 0.381 e. The molecule has 1 atom stereocenters.